The van der Waals surface area contributed by atoms with Gasteiger partial charge in [-0.05, 0) is 60.9 Å². The molecule has 1 N–H and O–H groups in total. The first-order valence-electron chi connectivity index (χ1n) is 10.4. The Balaban J connectivity index is 1.65. The quantitative estimate of drug-likeness (QED) is 0.394. The predicted molar refractivity (Wildman–Crippen MR) is 128 cm³/mol. The van der Waals surface area contributed by atoms with Crippen LogP contribution in [-0.4, -0.2) is 34.5 Å². The molecule has 1 fully saturated rings. The minimum absolute atomic E-state index is 0.0468. The maximum atomic E-state index is 15.1. The molecule has 1 amide bonds. The van der Waals surface area contributed by atoms with Gasteiger partial charge in [0, 0.05) is 32.7 Å². The van der Waals surface area contributed by atoms with Crippen molar-refractivity contribution in [2.75, 3.05) is 6.54 Å². The number of carboxylic acid groups (broad SMARTS) is 1. The van der Waals surface area contributed by atoms with E-state index in [2.05, 4.69) is 0 Å². The summed E-state index contributed by atoms with van der Waals surface area (Å²) >= 11 is 18.5. The lowest BCUT2D eigenvalue weighted by molar-refractivity contribution is -0.141. The van der Waals surface area contributed by atoms with Crippen LogP contribution in [0.25, 0.3) is 0 Å². The van der Waals surface area contributed by atoms with Crippen molar-refractivity contribution in [1.82, 2.24) is 4.90 Å². The van der Waals surface area contributed by atoms with Gasteiger partial charge in [-0.3, -0.25) is 4.79 Å². The van der Waals surface area contributed by atoms with Crippen LogP contribution in [0.3, 0.4) is 0 Å². The standard InChI is InChI=1S/C25H19Cl3FNO4/c26-16-6-3-14(4-7-16)23(18-9-8-17(27)13-19(18)28)34-22-10-5-15(12-20(22)29)24(31)30-11-1-2-21(30)25(32)33/h3-10,12-13,21,23H,1-2,11H2,(H,32,33). The van der Waals surface area contributed by atoms with E-state index < -0.39 is 29.8 Å². The van der Waals surface area contributed by atoms with Crippen molar-refractivity contribution in [3.8, 4) is 5.75 Å². The van der Waals surface area contributed by atoms with Crippen molar-refractivity contribution in [1.29, 1.82) is 0 Å². The predicted octanol–water partition coefficient (Wildman–Crippen LogP) is 6.64. The molecule has 1 aliphatic heterocycles. The first-order chi connectivity index (χ1) is 16.2. The Labute approximate surface area is 210 Å². The van der Waals surface area contributed by atoms with E-state index in [1.165, 1.54) is 17.0 Å². The third-order valence-electron chi connectivity index (χ3n) is 5.64. The van der Waals surface area contributed by atoms with Crippen molar-refractivity contribution < 1.29 is 23.8 Å². The number of amides is 1. The summed E-state index contributed by atoms with van der Waals surface area (Å²) in [6.07, 6.45) is 0.167. The van der Waals surface area contributed by atoms with Crippen molar-refractivity contribution in [2.24, 2.45) is 0 Å². The largest absolute Gasteiger partial charge is 0.480 e. The van der Waals surface area contributed by atoms with Crippen molar-refractivity contribution in [2.45, 2.75) is 25.0 Å². The zero-order valence-electron chi connectivity index (χ0n) is 17.7. The normalized spacial score (nSPS) is 16.4. The van der Waals surface area contributed by atoms with Crippen molar-refractivity contribution >= 4 is 46.7 Å². The Morgan fingerprint density at radius 1 is 1.00 bits per heavy atom. The molecule has 9 heteroatoms. The van der Waals surface area contributed by atoms with E-state index in [0.717, 1.165) is 6.07 Å². The summed E-state index contributed by atoms with van der Waals surface area (Å²) in [7, 11) is 0. The minimum atomic E-state index is -1.07. The lowest BCUT2D eigenvalue weighted by atomic mass is 10.0. The van der Waals surface area contributed by atoms with E-state index in [-0.39, 0.29) is 11.3 Å². The van der Waals surface area contributed by atoms with Gasteiger partial charge in [-0.15, -0.1) is 0 Å². The van der Waals surface area contributed by atoms with Crippen LogP contribution < -0.4 is 4.74 Å². The number of carbonyl (C=O) groups excluding carboxylic acids is 1. The number of halogens is 4. The summed E-state index contributed by atoms with van der Waals surface area (Å²) in [5, 5.41) is 10.6. The van der Waals surface area contributed by atoms with Gasteiger partial charge in [-0.2, -0.15) is 0 Å². The van der Waals surface area contributed by atoms with Crippen LogP contribution in [0.2, 0.25) is 15.1 Å². The van der Waals surface area contributed by atoms with Crippen molar-refractivity contribution in [3.05, 3.63) is 98.2 Å². The number of aliphatic carboxylic acids is 1. The van der Waals surface area contributed by atoms with Crippen LogP contribution in [0.5, 0.6) is 5.75 Å². The molecule has 1 aliphatic rings. The van der Waals surface area contributed by atoms with Gasteiger partial charge in [-0.25, -0.2) is 9.18 Å². The molecule has 0 radical (unpaired) electrons. The van der Waals surface area contributed by atoms with Crippen LogP contribution in [0.15, 0.2) is 60.7 Å². The van der Waals surface area contributed by atoms with E-state index in [1.807, 2.05) is 0 Å². The molecule has 176 valence electrons. The highest BCUT2D eigenvalue weighted by Crippen LogP contribution is 2.36. The number of benzene rings is 3. The SMILES string of the molecule is O=C(O)C1CCCN1C(=O)c1ccc(OC(c2ccc(Cl)cc2)c2ccc(Cl)cc2Cl)c(F)c1. The highest BCUT2D eigenvalue weighted by atomic mass is 35.5. The number of likely N-dealkylation sites (tertiary alicyclic amines) is 1. The topological polar surface area (TPSA) is 66.8 Å². The van der Waals surface area contributed by atoms with Gasteiger partial charge in [0.25, 0.3) is 5.91 Å². The molecular formula is C25H19Cl3FNO4. The molecule has 1 heterocycles. The highest BCUT2D eigenvalue weighted by Gasteiger charge is 2.34. The average molecular weight is 523 g/mol. The fourth-order valence-corrected chi connectivity index (χ4v) is 4.59. The van der Waals surface area contributed by atoms with E-state index >= 15 is 4.39 Å². The Hall–Kier alpha value is -2.80. The molecule has 0 spiro atoms. The molecule has 3 aromatic rings. The number of carbonyl (C=O) groups is 2. The Morgan fingerprint density at radius 2 is 1.71 bits per heavy atom. The smallest absolute Gasteiger partial charge is 0.326 e. The van der Waals surface area contributed by atoms with Gasteiger partial charge in [0.15, 0.2) is 17.7 Å². The lowest BCUT2D eigenvalue weighted by Crippen LogP contribution is -2.40. The van der Waals surface area contributed by atoms with Crippen LogP contribution in [0, 0.1) is 5.82 Å². The fourth-order valence-electron chi connectivity index (χ4n) is 3.95. The maximum absolute atomic E-state index is 15.1. The molecule has 3 aromatic carbocycles. The molecule has 34 heavy (non-hydrogen) atoms. The second-order valence-electron chi connectivity index (χ2n) is 7.86. The monoisotopic (exact) mass is 521 g/mol. The molecule has 0 bridgehead atoms. The van der Waals surface area contributed by atoms with E-state index in [0.29, 0.717) is 45.6 Å². The minimum Gasteiger partial charge on any atom is -0.480 e. The summed E-state index contributed by atoms with van der Waals surface area (Å²) in [6, 6.07) is 14.7. The van der Waals surface area contributed by atoms with Gasteiger partial charge >= 0.3 is 5.97 Å². The summed E-state index contributed by atoms with van der Waals surface area (Å²) < 4.78 is 21.1. The maximum Gasteiger partial charge on any atom is 0.326 e. The van der Waals surface area contributed by atoms with Gasteiger partial charge in [-0.1, -0.05) is 53.0 Å². The number of carboxylic acids is 1. The highest BCUT2D eigenvalue weighted by molar-refractivity contribution is 6.35. The fraction of sp³-hybridized carbons (Fsp3) is 0.200. The third-order valence-corrected chi connectivity index (χ3v) is 6.45. The Kier molecular flexibility index (Phi) is 7.31. The average Bonchev–Trinajstić information content (AvgIpc) is 3.29. The molecule has 1 saturated heterocycles. The molecule has 0 aromatic heterocycles. The molecule has 5 nitrogen and oxygen atoms in total. The van der Waals surface area contributed by atoms with Gasteiger partial charge in [0.05, 0.1) is 0 Å². The van der Waals surface area contributed by atoms with Crippen LogP contribution in [-0.2, 0) is 4.79 Å². The number of nitrogens with zero attached hydrogens (tertiary/aromatic N) is 1. The van der Waals surface area contributed by atoms with E-state index in [4.69, 9.17) is 39.5 Å². The number of rotatable bonds is 6. The molecule has 4 rings (SSSR count). The molecule has 2 unspecified atom stereocenters. The molecular weight excluding hydrogens is 504 g/mol. The number of hydrogen-bond donors (Lipinski definition) is 1. The zero-order valence-corrected chi connectivity index (χ0v) is 19.9. The summed E-state index contributed by atoms with van der Waals surface area (Å²) in [5.74, 6) is -2.47. The first kappa shape index (κ1) is 24.3. The summed E-state index contributed by atoms with van der Waals surface area (Å²) in [6.45, 7) is 0.309. The number of hydrogen-bond acceptors (Lipinski definition) is 3. The van der Waals surface area contributed by atoms with E-state index in [9.17, 15) is 14.7 Å². The summed E-state index contributed by atoms with van der Waals surface area (Å²) in [4.78, 5) is 25.5. The second-order valence-corrected chi connectivity index (χ2v) is 9.14. The van der Waals surface area contributed by atoms with Crippen LogP contribution in [0.1, 0.15) is 40.4 Å². The third kappa shape index (κ3) is 5.14. The van der Waals surface area contributed by atoms with Crippen LogP contribution >= 0.6 is 34.8 Å². The van der Waals surface area contributed by atoms with Gasteiger partial charge in [0.1, 0.15) is 6.04 Å². The molecule has 0 aliphatic carbocycles. The van der Waals surface area contributed by atoms with Crippen molar-refractivity contribution in [3.63, 3.8) is 0 Å². The molecule has 0 saturated carbocycles. The van der Waals surface area contributed by atoms with Gasteiger partial charge < -0.3 is 14.7 Å². The summed E-state index contributed by atoms with van der Waals surface area (Å²) in [5.41, 5.74) is 1.29. The zero-order chi connectivity index (χ0) is 24.4. The van der Waals surface area contributed by atoms with E-state index in [1.54, 1.807) is 42.5 Å². The van der Waals surface area contributed by atoms with Gasteiger partial charge in [0.2, 0.25) is 0 Å². The Morgan fingerprint density at radius 3 is 2.35 bits per heavy atom. The Bertz CT molecular complexity index is 1240. The lowest BCUT2D eigenvalue weighted by Gasteiger charge is -2.23. The molecule has 2 atom stereocenters. The number of ether oxygens (including phenoxy) is 1. The first-order valence-corrected chi connectivity index (χ1v) is 11.6. The van der Waals surface area contributed by atoms with Crippen LogP contribution in [0.4, 0.5) is 4.39 Å². The second kappa shape index (κ2) is 10.2.